The number of carboxylic acids is 2. The minimum Gasteiger partial charge on any atom is -0.485 e. The predicted octanol–water partition coefficient (Wildman–Crippen LogP) is 4.13. The predicted molar refractivity (Wildman–Crippen MR) is 110 cm³/mol. The van der Waals surface area contributed by atoms with Gasteiger partial charge in [0.1, 0.15) is 11.9 Å². The maximum Gasteiger partial charge on any atom is 0.414 e. The van der Waals surface area contributed by atoms with E-state index < -0.39 is 11.9 Å². The van der Waals surface area contributed by atoms with Crippen LogP contribution in [0.15, 0.2) is 59.3 Å². The standard InChI is InChI=1S/C19H21NOS.C2H2O4/c1-20(2)12-10-18(16-11-13-22-14-16)21-19-9-5-7-15-6-3-4-8-17(15)19;3-1(4)2(5)6/h3-9,11,13-14,18H,10,12H2,1-2H3;(H,3,4)(H,5,6)/t18-;/m0./s1. The number of ether oxygens (including phenoxy) is 1. The van der Waals surface area contributed by atoms with Crippen LogP contribution < -0.4 is 4.74 Å². The Balaban J connectivity index is 0.000000409. The van der Waals surface area contributed by atoms with Crippen LogP contribution in [-0.4, -0.2) is 47.7 Å². The van der Waals surface area contributed by atoms with E-state index in [1.165, 1.54) is 16.3 Å². The number of carbonyl (C=O) groups is 2. The molecule has 0 radical (unpaired) electrons. The molecular formula is C21H23NO5S. The fourth-order valence-electron chi connectivity index (χ4n) is 2.58. The lowest BCUT2D eigenvalue weighted by Gasteiger charge is -2.21. The Labute approximate surface area is 167 Å². The minimum absolute atomic E-state index is 0.0967. The number of nitrogens with zero attached hydrogens (tertiary/aromatic N) is 1. The van der Waals surface area contributed by atoms with Crippen molar-refractivity contribution in [2.45, 2.75) is 12.5 Å². The van der Waals surface area contributed by atoms with Crippen molar-refractivity contribution >= 4 is 34.0 Å². The molecule has 2 N–H and O–H groups in total. The smallest absolute Gasteiger partial charge is 0.414 e. The molecule has 0 aliphatic rings. The first kappa shape index (κ1) is 21.4. The molecule has 1 heterocycles. The van der Waals surface area contributed by atoms with Crippen molar-refractivity contribution in [2.75, 3.05) is 20.6 Å². The second kappa shape index (κ2) is 10.4. The molecule has 0 spiro atoms. The number of benzene rings is 2. The molecule has 1 atom stereocenters. The summed E-state index contributed by atoms with van der Waals surface area (Å²) in [6.07, 6.45) is 1.08. The van der Waals surface area contributed by atoms with E-state index in [0.29, 0.717) is 0 Å². The third-order valence-electron chi connectivity index (χ3n) is 3.96. The van der Waals surface area contributed by atoms with Crippen LogP contribution in [-0.2, 0) is 9.59 Å². The van der Waals surface area contributed by atoms with Gasteiger partial charge in [-0.15, -0.1) is 0 Å². The van der Waals surface area contributed by atoms with Crippen molar-refractivity contribution in [2.24, 2.45) is 0 Å². The molecular weight excluding hydrogens is 378 g/mol. The molecule has 3 aromatic rings. The summed E-state index contributed by atoms with van der Waals surface area (Å²) in [4.78, 5) is 20.4. The van der Waals surface area contributed by atoms with Crippen molar-refractivity contribution in [1.29, 1.82) is 0 Å². The van der Waals surface area contributed by atoms with Crippen LogP contribution in [0.1, 0.15) is 18.1 Å². The summed E-state index contributed by atoms with van der Waals surface area (Å²) in [5.74, 6) is -2.68. The van der Waals surface area contributed by atoms with Gasteiger partial charge < -0.3 is 19.8 Å². The molecule has 0 saturated heterocycles. The Bertz CT molecular complexity index is 891. The average Bonchev–Trinajstić information content (AvgIpc) is 3.20. The molecule has 0 unspecified atom stereocenters. The van der Waals surface area contributed by atoms with Gasteiger partial charge in [-0.25, -0.2) is 9.59 Å². The van der Waals surface area contributed by atoms with Crippen molar-refractivity contribution in [3.05, 3.63) is 64.9 Å². The summed E-state index contributed by atoms with van der Waals surface area (Å²) < 4.78 is 6.40. The topological polar surface area (TPSA) is 87.1 Å². The van der Waals surface area contributed by atoms with Crippen molar-refractivity contribution in [3.63, 3.8) is 0 Å². The number of hydrogen-bond acceptors (Lipinski definition) is 5. The van der Waals surface area contributed by atoms with E-state index in [1.807, 2.05) is 0 Å². The summed E-state index contributed by atoms with van der Waals surface area (Å²) >= 11 is 1.72. The maximum atomic E-state index is 9.10. The third kappa shape index (κ3) is 6.37. The Morgan fingerprint density at radius 3 is 2.32 bits per heavy atom. The number of fused-ring (bicyclic) bond motifs is 1. The molecule has 0 amide bonds. The second-order valence-corrected chi connectivity index (χ2v) is 7.12. The van der Waals surface area contributed by atoms with Crippen LogP contribution in [0.3, 0.4) is 0 Å². The Hall–Kier alpha value is -2.90. The van der Waals surface area contributed by atoms with Gasteiger partial charge >= 0.3 is 11.9 Å². The largest absolute Gasteiger partial charge is 0.485 e. The van der Waals surface area contributed by atoms with E-state index in [2.05, 4.69) is 78.3 Å². The molecule has 3 rings (SSSR count). The summed E-state index contributed by atoms with van der Waals surface area (Å²) in [5, 5.41) is 21.5. The molecule has 1 aromatic heterocycles. The Kier molecular flexibility index (Phi) is 7.98. The fourth-order valence-corrected chi connectivity index (χ4v) is 3.28. The molecule has 2 aromatic carbocycles. The molecule has 28 heavy (non-hydrogen) atoms. The first-order valence-corrected chi connectivity index (χ1v) is 9.60. The lowest BCUT2D eigenvalue weighted by Crippen LogP contribution is -2.18. The van der Waals surface area contributed by atoms with Crippen LogP contribution in [0.2, 0.25) is 0 Å². The second-order valence-electron chi connectivity index (χ2n) is 6.34. The summed E-state index contributed by atoms with van der Waals surface area (Å²) in [6.45, 7) is 1.01. The van der Waals surface area contributed by atoms with E-state index in [0.717, 1.165) is 18.7 Å². The van der Waals surface area contributed by atoms with Crippen LogP contribution in [0.25, 0.3) is 10.8 Å². The van der Waals surface area contributed by atoms with Gasteiger partial charge in [0, 0.05) is 23.9 Å². The Morgan fingerprint density at radius 2 is 1.71 bits per heavy atom. The van der Waals surface area contributed by atoms with Gasteiger partial charge in [0.15, 0.2) is 0 Å². The van der Waals surface area contributed by atoms with Gasteiger partial charge in [-0.3, -0.25) is 0 Å². The van der Waals surface area contributed by atoms with Gasteiger partial charge in [-0.2, -0.15) is 11.3 Å². The number of aliphatic carboxylic acids is 2. The zero-order chi connectivity index (χ0) is 20.5. The number of carboxylic acid groups (broad SMARTS) is 2. The highest BCUT2D eigenvalue weighted by molar-refractivity contribution is 7.07. The minimum atomic E-state index is -1.82. The van der Waals surface area contributed by atoms with Gasteiger partial charge in [0.25, 0.3) is 0 Å². The van der Waals surface area contributed by atoms with E-state index in [-0.39, 0.29) is 6.10 Å². The van der Waals surface area contributed by atoms with E-state index >= 15 is 0 Å². The first-order chi connectivity index (χ1) is 13.4. The van der Waals surface area contributed by atoms with Crippen LogP contribution in [0.5, 0.6) is 5.75 Å². The molecule has 0 fully saturated rings. The average molecular weight is 401 g/mol. The molecule has 0 aliphatic carbocycles. The lowest BCUT2D eigenvalue weighted by molar-refractivity contribution is -0.159. The van der Waals surface area contributed by atoms with Crippen LogP contribution in [0, 0.1) is 0 Å². The summed E-state index contributed by atoms with van der Waals surface area (Å²) in [7, 11) is 4.20. The normalized spacial score (nSPS) is 11.5. The fraction of sp³-hybridized carbons (Fsp3) is 0.238. The number of thiophene rings is 1. The molecule has 0 saturated carbocycles. The zero-order valence-electron chi connectivity index (χ0n) is 15.7. The number of rotatable bonds is 6. The zero-order valence-corrected chi connectivity index (χ0v) is 16.6. The highest BCUT2D eigenvalue weighted by atomic mass is 32.1. The van der Waals surface area contributed by atoms with Gasteiger partial charge in [-0.05, 0) is 42.4 Å². The molecule has 0 aliphatic heterocycles. The molecule has 6 nitrogen and oxygen atoms in total. The van der Waals surface area contributed by atoms with Crippen molar-refractivity contribution in [1.82, 2.24) is 4.90 Å². The monoisotopic (exact) mass is 401 g/mol. The first-order valence-electron chi connectivity index (χ1n) is 8.66. The van der Waals surface area contributed by atoms with E-state index in [9.17, 15) is 0 Å². The lowest BCUT2D eigenvalue weighted by atomic mass is 10.1. The molecule has 7 heteroatoms. The van der Waals surface area contributed by atoms with Crippen LogP contribution >= 0.6 is 11.3 Å². The Morgan fingerprint density at radius 1 is 1.04 bits per heavy atom. The van der Waals surface area contributed by atoms with E-state index in [4.69, 9.17) is 24.5 Å². The summed E-state index contributed by atoms with van der Waals surface area (Å²) in [5.41, 5.74) is 1.26. The van der Waals surface area contributed by atoms with Gasteiger partial charge in [0.2, 0.25) is 0 Å². The van der Waals surface area contributed by atoms with Gasteiger partial charge in [0.05, 0.1) is 0 Å². The third-order valence-corrected chi connectivity index (χ3v) is 4.66. The highest BCUT2D eigenvalue weighted by Gasteiger charge is 2.15. The summed E-state index contributed by atoms with van der Waals surface area (Å²) in [6, 6.07) is 16.8. The quantitative estimate of drug-likeness (QED) is 0.604. The number of hydrogen-bond donors (Lipinski definition) is 2. The van der Waals surface area contributed by atoms with Crippen LogP contribution in [0.4, 0.5) is 0 Å². The van der Waals surface area contributed by atoms with E-state index in [1.54, 1.807) is 11.3 Å². The van der Waals surface area contributed by atoms with Crippen molar-refractivity contribution in [3.8, 4) is 5.75 Å². The van der Waals surface area contributed by atoms with Gasteiger partial charge in [-0.1, -0.05) is 36.4 Å². The molecule has 148 valence electrons. The van der Waals surface area contributed by atoms with Crippen molar-refractivity contribution < 1.29 is 24.5 Å². The maximum absolute atomic E-state index is 9.10. The highest BCUT2D eigenvalue weighted by Crippen LogP contribution is 2.31. The molecule has 0 bridgehead atoms. The SMILES string of the molecule is CN(C)CC[C@H](Oc1cccc2ccccc12)c1ccsc1.O=C(O)C(=O)O.